The minimum atomic E-state index is -1.45. The van der Waals surface area contributed by atoms with Crippen LogP contribution in [-0.2, 0) is 0 Å². The molecule has 0 spiro atoms. The van der Waals surface area contributed by atoms with Gasteiger partial charge in [-0.3, -0.25) is 9.59 Å². The van der Waals surface area contributed by atoms with Gasteiger partial charge in [0.1, 0.15) is 0 Å². The van der Waals surface area contributed by atoms with Crippen LogP contribution in [0, 0.1) is 11.6 Å². The normalized spacial score (nSPS) is 11.2. The molecule has 0 heterocycles. The number of halogens is 2. The van der Waals surface area contributed by atoms with Crippen LogP contribution in [-0.4, -0.2) is 29.1 Å². The summed E-state index contributed by atoms with van der Waals surface area (Å²) in [6.45, 7) is 2.65. The molecule has 1 aromatic rings. The van der Waals surface area contributed by atoms with Gasteiger partial charge in [0.25, 0.3) is 5.91 Å². The highest BCUT2D eigenvalue weighted by atomic mass is 19.2. The summed E-state index contributed by atoms with van der Waals surface area (Å²) in [5, 5.41) is 11.6. The molecule has 0 aliphatic heterocycles. The third kappa shape index (κ3) is 3.72. The molecular weight excluding hydrogens is 258 g/mol. The lowest BCUT2D eigenvalue weighted by Gasteiger charge is -2.18. The number of primary amides is 1. The molecule has 0 saturated carbocycles. The summed E-state index contributed by atoms with van der Waals surface area (Å²) in [5.41, 5.74) is 2.58. The molecular formula is C12H14F2N2O3. The molecule has 0 aromatic heterocycles. The molecule has 2 amide bonds. The second-order valence-electron chi connectivity index (χ2n) is 4.64. The standard InChI is InChI=1S/C12H14F2N2O3/c1-12(2,19)5-16-11(18)8-6(10(15)17)3-4-7(13)9(8)14/h3-4,19H,5H2,1-2H3,(H2,15,17)(H,16,18). The Labute approximate surface area is 108 Å². The van der Waals surface area contributed by atoms with E-state index in [1.165, 1.54) is 13.8 Å². The van der Waals surface area contributed by atoms with Gasteiger partial charge in [-0.25, -0.2) is 8.78 Å². The Morgan fingerprint density at radius 1 is 1.37 bits per heavy atom. The Morgan fingerprint density at radius 3 is 2.42 bits per heavy atom. The molecule has 0 unspecified atom stereocenters. The number of nitrogens with one attached hydrogen (secondary N) is 1. The average molecular weight is 272 g/mol. The van der Waals surface area contributed by atoms with Gasteiger partial charge in [0.15, 0.2) is 11.6 Å². The topological polar surface area (TPSA) is 92.4 Å². The van der Waals surface area contributed by atoms with E-state index in [9.17, 15) is 23.5 Å². The second kappa shape index (κ2) is 5.31. The van der Waals surface area contributed by atoms with Gasteiger partial charge in [0, 0.05) is 6.54 Å². The molecule has 4 N–H and O–H groups in total. The van der Waals surface area contributed by atoms with Gasteiger partial charge in [0.2, 0.25) is 5.91 Å². The van der Waals surface area contributed by atoms with E-state index in [4.69, 9.17) is 5.73 Å². The number of amides is 2. The maximum atomic E-state index is 13.6. The van der Waals surface area contributed by atoms with Crippen molar-refractivity contribution in [1.29, 1.82) is 0 Å². The molecule has 0 saturated heterocycles. The molecule has 0 radical (unpaired) electrons. The van der Waals surface area contributed by atoms with Crippen LogP contribution in [0.3, 0.4) is 0 Å². The molecule has 0 atom stereocenters. The van der Waals surface area contributed by atoms with Crippen molar-refractivity contribution in [1.82, 2.24) is 5.32 Å². The zero-order chi connectivity index (χ0) is 14.8. The molecule has 1 aromatic carbocycles. The third-order valence-electron chi connectivity index (χ3n) is 2.27. The van der Waals surface area contributed by atoms with Gasteiger partial charge in [0.05, 0.1) is 16.7 Å². The molecule has 104 valence electrons. The van der Waals surface area contributed by atoms with Gasteiger partial charge >= 0.3 is 0 Å². The van der Waals surface area contributed by atoms with Gasteiger partial charge < -0.3 is 16.2 Å². The molecule has 1 rings (SSSR count). The summed E-state index contributed by atoms with van der Waals surface area (Å²) >= 11 is 0. The van der Waals surface area contributed by atoms with Gasteiger partial charge in [-0.2, -0.15) is 0 Å². The predicted molar refractivity (Wildman–Crippen MR) is 63.5 cm³/mol. The zero-order valence-corrected chi connectivity index (χ0v) is 10.5. The number of carbonyl (C=O) groups excluding carboxylic acids is 2. The van der Waals surface area contributed by atoms with Crippen LogP contribution in [0.2, 0.25) is 0 Å². The molecule has 19 heavy (non-hydrogen) atoms. The first kappa shape index (κ1) is 15.0. The average Bonchev–Trinajstić information content (AvgIpc) is 2.28. The highest BCUT2D eigenvalue weighted by molar-refractivity contribution is 6.06. The summed E-state index contributed by atoms with van der Waals surface area (Å²) in [6.07, 6.45) is 0. The van der Waals surface area contributed by atoms with E-state index in [0.717, 1.165) is 6.07 Å². The maximum Gasteiger partial charge on any atom is 0.255 e. The maximum absolute atomic E-state index is 13.6. The molecule has 0 aliphatic rings. The molecule has 5 nitrogen and oxygen atoms in total. The fraction of sp³-hybridized carbons (Fsp3) is 0.333. The van der Waals surface area contributed by atoms with Crippen molar-refractivity contribution in [3.05, 3.63) is 34.9 Å². The van der Waals surface area contributed by atoms with Crippen LogP contribution in [0.5, 0.6) is 0 Å². The summed E-state index contributed by atoms with van der Waals surface area (Å²) in [5.74, 6) is -4.79. The number of benzene rings is 1. The summed E-state index contributed by atoms with van der Waals surface area (Å²) in [4.78, 5) is 22.8. The van der Waals surface area contributed by atoms with E-state index in [0.29, 0.717) is 6.07 Å². The Kier molecular flexibility index (Phi) is 4.21. The fourth-order valence-electron chi connectivity index (χ4n) is 1.36. The van der Waals surface area contributed by atoms with E-state index < -0.39 is 40.2 Å². The van der Waals surface area contributed by atoms with Crippen molar-refractivity contribution in [2.24, 2.45) is 5.73 Å². The summed E-state index contributed by atoms with van der Waals surface area (Å²) in [6, 6.07) is 1.64. The number of aliphatic hydroxyl groups is 1. The number of nitrogens with two attached hydrogens (primary N) is 1. The Morgan fingerprint density at radius 2 is 1.95 bits per heavy atom. The van der Waals surface area contributed by atoms with Crippen LogP contribution < -0.4 is 11.1 Å². The first-order chi connectivity index (χ1) is 8.63. The highest BCUT2D eigenvalue weighted by Crippen LogP contribution is 2.17. The van der Waals surface area contributed by atoms with Crippen LogP contribution in [0.4, 0.5) is 8.78 Å². The Hall–Kier alpha value is -2.02. The van der Waals surface area contributed by atoms with Crippen LogP contribution in [0.1, 0.15) is 34.6 Å². The molecule has 0 aliphatic carbocycles. The smallest absolute Gasteiger partial charge is 0.255 e. The number of carbonyl (C=O) groups is 2. The van der Waals surface area contributed by atoms with Crippen molar-refractivity contribution < 1.29 is 23.5 Å². The van der Waals surface area contributed by atoms with Crippen molar-refractivity contribution in [3.63, 3.8) is 0 Å². The van der Waals surface area contributed by atoms with E-state index in [1.807, 2.05) is 0 Å². The molecule has 0 fully saturated rings. The molecule has 0 bridgehead atoms. The third-order valence-corrected chi connectivity index (χ3v) is 2.27. The SMILES string of the molecule is CC(C)(O)CNC(=O)c1c(C(N)=O)ccc(F)c1F. The monoisotopic (exact) mass is 272 g/mol. The minimum Gasteiger partial charge on any atom is -0.389 e. The number of hydrogen-bond acceptors (Lipinski definition) is 3. The van der Waals surface area contributed by atoms with Crippen molar-refractivity contribution >= 4 is 11.8 Å². The van der Waals surface area contributed by atoms with Gasteiger partial charge in [-0.05, 0) is 26.0 Å². The van der Waals surface area contributed by atoms with Gasteiger partial charge in [-0.15, -0.1) is 0 Å². The number of hydrogen-bond donors (Lipinski definition) is 3. The van der Waals surface area contributed by atoms with Crippen molar-refractivity contribution in [2.75, 3.05) is 6.54 Å². The largest absolute Gasteiger partial charge is 0.389 e. The lowest BCUT2D eigenvalue weighted by Crippen LogP contribution is -2.39. The lowest BCUT2D eigenvalue weighted by atomic mass is 10.0. The summed E-state index contributed by atoms with van der Waals surface area (Å²) in [7, 11) is 0. The van der Waals surface area contributed by atoms with Crippen LogP contribution >= 0.6 is 0 Å². The van der Waals surface area contributed by atoms with Crippen molar-refractivity contribution in [3.8, 4) is 0 Å². The fourth-order valence-corrected chi connectivity index (χ4v) is 1.36. The van der Waals surface area contributed by atoms with E-state index in [-0.39, 0.29) is 6.54 Å². The predicted octanol–water partition coefficient (Wildman–Crippen LogP) is 0.564. The zero-order valence-electron chi connectivity index (χ0n) is 10.5. The number of rotatable bonds is 4. The Balaban J connectivity index is 3.14. The second-order valence-corrected chi connectivity index (χ2v) is 4.64. The first-order valence-corrected chi connectivity index (χ1v) is 5.42. The van der Waals surface area contributed by atoms with Crippen molar-refractivity contribution in [2.45, 2.75) is 19.4 Å². The van der Waals surface area contributed by atoms with E-state index in [2.05, 4.69) is 5.32 Å². The van der Waals surface area contributed by atoms with Crippen LogP contribution in [0.25, 0.3) is 0 Å². The minimum absolute atomic E-state index is 0.194. The highest BCUT2D eigenvalue weighted by Gasteiger charge is 2.24. The Bertz CT molecular complexity index is 524. The lowest BCUT2D eigenvalue weighted by molar-refractivity contribution is 0.0690. The summed E-state index contributed by atoms with van der Waals surface area (Å²) < 4.78 is 26.7. The van der Waals surface area contributed by atoms with E-state index >= 15 is 0 Å². The van der Waals surface area contributed by atoms with E-state index in [1.54, 1.807) is 0 Å². The van der Waals surface area contributed by atoms with Gasteiger partial charge in [-0.1, -0.05) is 0 Å². The molecule has 7 heteroatoms. The van der Waals surface area contributed by atoms with Crippen LogP contribution in [0.15, 0.2) is 12.1 Å². The quantitative estimate of drug-likeness (QED) is 0.748. The first-order valence-electron chi connectivity index (χ1n) is 5.42.